The number of rotatable bonds is 6. The Bertz CT molecular complexity index is 350. The van der Waals surface area contributed by atoms with E-state index in [-0.39, 0.29) is 25.4 Å². The highest BCUT2D eigenvalue weighted by molar-refractivity contribution is 5.94. The van der Waals surface area contributed by atoms with Gasteiger partial charge in [0.25, 0.3) is 5.91 Å². The summed E-state index contributed by atoms with van der Waals surface area (Å²) in [4.78, 5) is 23.5. The zero-order valence-corrected chi connectivity index (χ0v) is 8.84. The summed E-state index contributed by atoms with van der Waals surface area (Å²) in [6.07, 6.45) is 1.43. The SMILES string of the molecule is COCCN(CC(=O)O)C(=O)c1ccn[nH]1. The Morgan fingerprint density at radius 3 is 2.88 bits per heavy atom. The Hall–Kier alpha value is -1.89. The van der Waals surface area contributed by atoms with Crippen LogP contribution in [0.2, 0.25) is 0 Å². The number of aromatic amines is 1. The second-order valence-corrected chi connectivity index (χ2v) is 3.08. The highest BCUT2D eigenvalue weighted by Gasteiger charge is 2.18. The second-order valence-electron chi connectivity index (χ2n) is 3.08. The van der Waals surface area contributed by atoms with Gasteiger partial charge in [0.05, 0.1) is 6.61 Å². The van der Waals surface area contributed by atoms with Crippen molar-refractivity contribution in [2.45, 2.75) is 0 Å². The van der Waals surface area contributed by atoms with E-state index >= 15 is 0 Å². The zero-order valence-electron chi connectivity index (χ0n) is 8.84. The van der Waals surface area contributed by atoms with Crippen LogP contribution in [0.5, 0.6) is 0 Å². The number of nitrogens with one attached hydrogen (secondary N) is 1. The van der Waals surface area contributed by atoms with Crippen molar-refractivity contribution in [1.29, 1.82) is 0 Å². The number of hydrogen-bond acceptors (Lipinski definition) is 4. The summed E-state index contributed by atoms with van der Waals surface area (Å²) in [6, 6.07) is 1.49. The molecule has 0 spiro atoms. The number of nitrogens with zero attached hydrogens (tertiary/aromatic N) is 2. The maximum absolute atomic E-state index is 11.8. The summed E-state index contributed by atoms with van der Waals surface area (Å²) in [5, 5.41) is 14.8. The van der Waals surface area contributed by atoms with Crippen LogP contribution >= 0.6 is 0 Å². The van der Waals surface area contributed by atoms with Crippen molar-refractivity contribution in [1.82, 2.24) is 15.1 Å². The van der Waals surface area contributed by atoms with Crippen LogP contribution in [0.1, 0.15) is 10.5 Å². The van der Waals surface area contributed by atoms with E-state index in [0.717, 1.165) is 0 Å². The zero-order chi connectivity index (χ0) is 12.0. The minimum absolute atomic E-state index is 0.223. The monoisotopic (exact) mass is 227 g/mol. The topological polar surface area (TPSA) is 95.5 Å². The van der Waals surface area contributed by atoms with Crippen molar-refractivity contribution < 1.29 is 19.4 Å². The van der Waals surface area contributed by atoms with Gasteiger partial charge < -0.3 is 14.7 Å². The Morgan fingerprint density at radius 2 is 2.38 bits per heavy atom. The lowest BCUT2D eigenvalue weighted by molar-refractivity contribution is -0.137. The molecule has 1 aromatic heterocycles. The van der Waals surface area contributed by atoms with Crippen molar-refractivity contribution in [3.63, 3.8) is 0 Å². The fraction of sp³-hybridized carbons (Fsp3) is 0.444. The first-order chi connectivity index (χ1) is 7.65. The number of aliphatic carboxylic acids is 1. The highest BCUT2D eigenvalue weighted by atomic mass is 16.5. The summed E-state index contributed by atoms with van der Waals surface area (Å²) in [5.74, 6) is -1.47. The molecule has 0 fully saturated rings. The van der Waals surface area contributed by atoms with Crippen LogP contribution in [0.25, 0.3) is 0 Å². The highest BCUT2D eigenvalue weighted by Crippen LogP contribution is 2.00. The molecule has 1 rings (SSSR count). The average molecular weight is 227 g/mol. The summed E-state index contributed by atoms with van der Waals surface area (Å²) in [7, 11) is 1.49. The summed E-state index contributed by atoms with van der Waals surface area (Å²) in [6.45, 7) is 0.148. The van der Waals surface area contributed by atoms with Gasteiger partial charge >= 0.3 is 5.97 Å². The first-order valence-corrected chi connectivity index (χ1v) is 4.64. The number of amides is 1. The predicted molar refractivity (Wildman–Crippen MR) is 54.0 cm³/mol. The molecule has 0 saturated carbocycles. The van der Waals surface area contributed by atoms with Crippen molar-refractivity contribution in [3.8, 4) is 0 Å². The van der Waals surface area contributed by atoms with E-state index in [1.807, 2.05) is 0 Å². The van der Waals surface area contributed by atoms with Gasteiger partial charge in [0, 0.05) is 19.9 Å². The number of aromatic nitrogens is 2. The molecule has 0 saturated heterocycles. The van der Waals surface area contributed by atoms with E-state index in [1.54, 1.807) is 0 Å². The average Bonchev–Trinajstić information content (AvgIpc) is 2.76. The lowest BCUT2D eigenvalue weighted by Gasteiger charge is -2.19. The minimum Gasteiger partial charge on any atom is -0.480 e. The molecule has 0 aliphatic rings. The molecule has 0 bridgehead atoms. The number of ether oxygens (including phenoxy) is 1. The number of H-pyrrole nitrogens is 1. The molecule has 88 valence electrons. The van der Waals surface area contributed by atoms with Crippen LogP contribution in [0.3, 0.4) is 0 Å². The Kier molecular flexibility index (Phi) is 4.46. The quantitative estimate of drug-likeness (QED) is 0.688. The number of hydrogen-bond donors (Lipinski definition) is 2. The molecule has 0 aromatic carbocycles. The molecule has 1 aromatic rings. The van der Waals surface area contributed by atoms with Crippen LogP contribution < -0.4 is 0 Å². The van der Waals surface area contributed by atoms with E-state index in [0.29, 0.717) is 0 Å². The predicted octanol–water partition coefficient (Wildman–Crippen LogP) is -0.417. The van der Waals surface area contributed by atoms with E-state index in [2.05, 4.69) is 10.2 Å². The van der Waals surface area contributed by atoms with Crippen molar-refractivity contribution in [3.05, 3.63) is 18.0 Å². The number of carbonyl (C=O) groups excluding carboxylic acids is 1. The van der Waals surface area contributed by atoms with Crippen molar-refractivity contribution >= 4 is 11.9 Å². The largest absolute Gasteiger partial charge is 0.480 e. The molecule has 2 N–H and O–H groups in total. The molecule has 1 amide bonds. The molecule has 1 heterocycles. The third-order valence-electron chi connectivity index (χ3n) is 1.91. The van der Waals surface area contributed by atoms with Gasteiger partial charge in [-0.15, -0.1) is 0 Å². The molecular formula is C9H13N3O4. The van der Waals surface area contributed by atoms with Gasteiger partial charge in [-0.2, -0.15) is 5.10 Å². The summed E-state index contributed by atoms with van der Waals surface area (Å²) < 4.78 is 4.81. The molecule has 0 atom stereocenters. The minimum atomic E-state index is -1.07. The van der Waals surface area contributed by atoms with Crippen LogP contribution in [0.15, 0.2) is 12.3 Å². The molecule has 0 radical (unpaired) electrons. The van der Waals surface area contributed by atoms with E-state index in [4.69, 9.17) is 9.84 Å². The lowest BCUT2D eigenvalue weighted by atomic mass is 10.3. The lowest BCUT2D eigenvalue weighted by Crippen LogP contribution is -2.38. The molecule has 0 aliphatic carbocycles. The van der Waals surface area contributed by atoms with Crippen molar-refractivity contribution in [2.75, 3.05) is 26.8 Å². The number of carbonyl (C=O) groups is 2. The Balaban J connectivity index is 2.67. The maximum Gasteiger partial charge on any atom is 0.323 e. The van der Waals surface area contributed by atoms with Gasteiger partial charge in [-0.1, -0.05) is 0 Å². The van der Waals surface area contributed by atoms with Gasteiger partial charge in [-0.3, -0.25) is 14.7 Å². The number of carboxylic acid groups (broad SMARTS) is 1. The van der Waals surface area contributed by atoms with Gasteiger partial charge in [0.1, 0.15) is 12.2 Å². The Labute approximate surface area is 92.0 Å². The first kappa shape index (κ1) is 12.2. The van der Waals surface area contributed by atoms with Crippen LogP contribution in [-0.4, -0.2) is 58.9 Å². The fourth-order valence-corrected chi connectivity index (χ4v) is 1.16. The number of methoxy groups -OCH3 is 1. The van der Waals surface area contributed by atoms with Gasteiger partial charge in [0.15, 0.2) is 0 Å². The smallest absolute Gasteiger partial charge is 0.323 e. The van der Waals surface area contributed by atoms with Gasteiger partial charge in [-0.05, 0) is 6.07 Å². The number of carboxylic acids is 1. The fourth-order valence-electron chi connectivity index (χ4n) is 1.16. The Morgan fingerprint density at radius 1 is 1.62 bits per heavy atom. The molecular weight excluding hydrogens is 214 g/mol. The van der Waals surface area contributed by atoms with Gasteiger partial charge in [-0.25, -0.2) is 0 Å². The third kappa shape index (κ3) is 3.35. The maximum atomic E-state index is 11.8. The van der Waals surface area contributed by atoms with Gasteiger partial charge in [0.2, 0.25) is 0 Å². The first-order valence-electron chi connectivity index (χ1n) is 4.64. The molecule has 16 heavy (non-hydrogen) atoms. The van der Waals surface area contributed by atoms with E-state index in [1.165, 1.54) is 24.3 Å². The van der Waals surface area contributed by atoms with Crippen LogP contribution in [-0.2, 0) is 9.53 Å². The normalized spacial score (nSPS) is 10.1. The van der Waals surface area contributed by atoms with Crippen molar-refractivity contribution in [2.24, 2.45) is 0 Å². The molecule has 7 heteroatoms. The molecule has 0 unspecified atom stereocenters. The summed E-state index contributed by atoms with van der Waals surface area (Å²) in [5.41, 5.74) is 0.261. The van der Waals surface area contributed by atoms with Crippen LogP contribution in [0.4, 0.5) is 0 Å². The third-order valence-corrected chi connectivity index (χ3v) is 1.91. The summed E-state index contributed by atoms with van der Waals surface area (Å²) >= 11 is 0. The van der Waals surface area contributed by atoms with E-state index in [9.17, 15) is 9.59 Å². The molecule has 7 nitrogen and oxygen atoms in total. The molecule has 0 aliphatic heterocycles. The second kappa shape index (κ2) is 5.86. The van der Waals surface area contributed by atoms with Crippen LogP contribution in [0, 0.1) is 0 Å². The standard InChI is InChI=1S/C9H13N3O4/c1-16-5-4-12(6-8(13)14)9(15)7-2-3-10-11-7/h2-3H,4-6H2,1H3,(H,10,11)(H,13,14). The van der Waals surface area contributed by atoms with E-state index < -0.39 is 11.9 Å².